The van der Waals surface area contributed by atoms with Crippen LogP contribution < -0.4 is 0 Å². The molecular weight excluding hydrogens is 314 g/mol. The molecule has 0 unspecified atom stereocenters. The Balaban J connectivity index is 1.37. The molecule has 0 saturated carbocycles. The van der Waals surface area contributed by atoms with Crippen molar-refractivity contribution in [3.05, 3.63) is 29.6 Å². The number of aryl methyl sites for hydroxylation is 1. The summed E-state index contributed by atoms with van der Waals surface area (Å²) in [4.78, 5) is 9.74. The first-order valence-corrected chi connectivity index (χ1v) is 9.80. The number of nitrogens with zero attached hydrogens (tertiary/aromatic N) is 3. The fraction of sp³-hybridized carbons (Fsp3) is 0.750. The van der Waals surface area contributed by atoms with Gasteiger partial charge in [0.1, 0.15) is 5.60 Å². The van der Waals surface area contributed by atoms with E-state index in [1.54, 1.807) is 0 Å². The molecule has 1 aromatic rings. The van der Waals surface area contributed by atoms with E-state index in [0.29, 0.717) is 5.92 Å². The average Bonchev–Trinajstić information content (AvgIpc) is 3.18. The first kappa shape index (κ1) is 17.4. The monoisotopic (exact) mass is 345 g/mol. The average molecular weight is 345 g/mol. The molecule has 2 atom stereocenters. The van der Waals surface area contributed by atoms with Crippen molar-refractivity contribution in [3.63, 3.8) is 0 Å². The van der Waals surface area contributed by atoms with Gasteiger partial charge in [-0.15, -0.1) is 0 Å². The summed E-state index contributed by atoms with van der Waals surface area (Å²) in [7, 11) is 0. The molecule has 4 rings (SSSR count). The van der Waals surface area contributed by atoms with Gasteiger partial charge >= 0.3 is 0 Å². The lowest BCUT2D eigenvalue weighted by Crippen LogP contribution is -2.44. The summed E-state index contributed by atoms with van der Waals surface area (Å²) < 4.78 is 12.3. The van der Waals surface area contributed by atoms with Crippen molar-refractivity contribution >= 4 is 0 Å². The third kappa shape index (κ3) is 4.40. The number of likely N-dealkylation sites (tertiary alicyclic amines) is 1. The summed E-state index contributed by atoms with van der Waals surface area (Å²) in [6.07, 6.45) is 3.85. The number of pyridine rings is 1. The highest BCUT2D eigenvalue weighted by molar-refractivity contribution is 5.10. The van der Waals surface area contributed by atoms with Crippen LogP contribution in [0.1, 0.15) is 30.7 Å². The first-order chi connectivity index (χ1) is 12.2. The van der Waals surface area contributed by atoms with Crippen molar-refractivity contribution in [2.45, 2.75) is 38.3 Å². The Morgan fingerprint density at radius 2 is 2.08 bits per heavy atom. The van der Waals surface area contributed by atoms with Crippen LogP contribution in [0.4, 0.5) is 0 Å². The Bertz CT molecular complexity index is 576. The number of ether oxygens (including phenoxy) is 2. The van der Waals surface area contributed by atoms with Crippen LogP contribution >= 0.6 is 0 Å². The van der Waals surface area contributed by atoms with Crippen molar-refractivity contribution in [2.24, 2.45) is 5.92 Å². The third-order valence-electron chi connectivity index (χ3n) is 5.76. The van der Waals surface area contributed by atoms with E-state index in [4.69, 9.17) is 9.47 Å². The van der Waals surface area contributed by atoms with Gasteiger partial charge in [0.15, 0.2) is 0 Å². The second kappa shape index (κ2) is 7.70. The van der Waals surface area contributed by atoms with E-state index in [9.17, 15) is 0 Å². The molecule has 1 aromatic heterocycles. The molecule has 3 aliphatic heterocycles. The smallest absolute Gasteiger partial charge is 0.104 e. The van der Waals surface area contributed by atoms with E-state index in [0.717, 1.165) is 57.3 Å². The molecule has 0 aromatic carbocycles. The lowest BCUT2D eigenvalue weighted by Gasteiger charge is -2.31. The van der Waals surface area contributed by atoms with E-state index in [2.05, 4.69) is 39.9 Å². The molecule has 5 heteroatoms. The molecule has 5 nitrogen and oxygen atoms in total. The van der Waals surface area contributed by atoms with Gasteiger partial charge in [0.2, 0.25) is 0 Å². The van der Waals surface area contributed by atoms with Crippen molar-refractivity contribution in [3.8, 4) is 0 Å². The quantitative estimate of drug-likeness (QED) is 0.835. The highest BCUT2D eigenvalue weighted by atomic mass is 16.5. The molecule has 3 fully saturated rings. The molecular formula is C20H31N3O2. The minimum atomic E-state index is -0.120. The van der Waals surface area contributed by atoms with Gasteiger partial charge in [0.05, 0.1) is 25.5 Å². The van der Waals surface area contributed by atoms with E-state index in [1.807, 2.05) is 0 Å². The van der Waals surface area contributed by atoms with E-state index >= 15 is 0 Å². The van der Waals surface area contributed by atoms with Gasteiger partial charge in [-0.1, -0.05) is 6.07 Å². The van der Waals surface area contributed by atoms with Crippen molar-refractivity contribution in [1.29, 1.82) is 0 Å². The van der Waals surface area contributed by atoms with Crippen LogP contribution in [0, 0.1) is 12.8 Å². The van der Waals surface area contributed by atoms with Crippen LogP contribution in [-0.2, 0) is 16.0 Å². The highest BCUT2D eigenvalue weighted by Crippen LogP contribution is 2.34. The molecule has 25 heavy (non-hydrogen) atoms. The Hall–Kier alpha value is -1.01. The van der Waals surface area contributed by atoms with Gasteiger partial charge in [-0.3, -0.25) is 9.88 Å². The fourth-order valence-corrected chi connectivity index (χ4v) is 4.63. The van der Waals surface area contributed by atoms with Crippen molar-refractivity contribution in [2.75, 3.05) is 52.5 Å². The molecule has 0 amide bonds. The lowest BCUT2D eigenvalue weighted by atomic mass is 9.94. The maximum absolute atomic E-state index is 6.36. The predicted octanol–water partition coefficient (Wildman–Crippen LogP) is 2.09. The van der Waals surface area contributed by atoms with Gasteiger partial charge in [-0.25, -0.2) is 0 Å². The van der Waals surface area contributed by atoms with Crippen LogP contribution in [0.15, 0.2) is 18.2 Å². The van der Waals surface area contributed by atoms with Crippen LogP contribution in [0.3, 0.4) is 0 Å². The number of aromatic nitrogens is 1. The summed E-state index contributed by atoms with van der Waals surface area (Å²) in [5.74, 6) is 0.652. The van der Waals surface area contributed by atoms with Crippen LogP contribution in [0.2, 0.25) is 0 Å². The van der Waals surface area contributed by atoms with Crippen molar-refractivity contribution < 1.29 is 9.47 Å². The predicted molar refractivity (Wildman–Crippen MR) is 97.5 cm³/mol. The maximum atomic E-state index is 6.36. The van der Waals surface area contributed by atoms with E-state index in [-0.39, 0.29) is 5.60 Å². The molecule has 0 bridgehead atoms. The summed E-state index contributed by atoms with van der Waals surface area (Å²) in [6.45, 7) is 11.0. The summed E-state index contributed by atoms with van der Waals surface area (Å²) in [6, 6.07) is 6.27. The summed E-state index contributed by atoms with van der Waals surface area (Å²) in [5.41, 5.74) is 2.11. The van der Waals surface area contributed by atoms with Crippen LogP contribution in [0.5, 0.6) is 0 Å². The SMILES string of the molecule is Cc1cccc(CN2CCOC[C@]3(C[C@H](CN4CCCC4)CO3)C2)n1. The molecule has 3 saturated heterocycles. The van der Waals surface area contributed by atoms with Gasteiger partial charge in [0.25, 0.3) is 0 Å². The maximum Gasteiger partial charge on any atom is 0.104 e. The van der Waals surface area contributed by atoms with Gasteiger partial charge in [0, 0.05) is 31.9 Å². The molecule has 0 radical (unpaired) electrons. The number of hydrogen-bond acceptors (Lipinski definition) is 5. The highest BCUT2D eigenvalue weighted by Gasteiger charge is 2.43. The van der Waals surface area contributed by atoms with Crippen molar-refractivity contribution in [1.82, 2.24) is 14.8 Å². The topological polar surface area (TPSA) is 37.8 Å². The van der Waals surface area contributed by atoms with Gasteiger partial charge in [-0.05, 0) is 57.3 Å². The first-order valence-electron chi connectivity index (χ1n) is 9.80. The van der Waals surface area contributed by atoms with Crippen LogP contribution in [-0.4, -0.2) is 72.9 Å². The van der Waals surface area contributed by atoms with Gasteiger partial charge in [-0.2, -0.15) is 0 Å². The Labute approximate surface area is 151 Å². The van der Waals surface area contributed by atoms with Gasteiger partial charge < -0.3 is 14.4 Å². The normalized spacial score (nSPS) is 31.6. The molecule has 0 N–H and O–H groups in total. The minimum absolute atomic E-state index is 0.120. The largest absolute Gasteiger partial charge is 0.377 e. The zero-order valence-electron chi connectivity index (χ0n) is 15.5. The standard InChI is InChI=1S/C20H31N3O2/c1-17-5-4-6-19(21-17)13-23-9-10-24-16-20(15-23)11-18(14-25-20)12-22-7-2-3-8-22/h4-6,18H,2-3,7-16H2,1H3/t18-,20+/m1/s1. The molecule has 4 heterocycles. The second-order valence-corrected chi connectivity index (χ2v) is 8.11. The summed E-state index contributed by atoms with van der Waals surface area (Å²) >= 11 is 0. The number of hydrogen-bond donors (Lipinski definition) is 0. The third-order valence-corrected chi connectivity index (χ3v) is 5.76. The molecule has 0 aliphatic carbocycles. The second-order valence-electron chi connectivity index (χ2n) is 8.11. The zero-order valence-corrected chi connectivity index (χ0v) is 15.5. The Morgan fingerprint density at radius 3 is 2.92 bits per heavy atom. The summed E-state index contributed by atoms with van der Waals surface area (Å²) in [5, 5.41) is 0. The molecule has 1 spiro atoms. The van der Waals surface area contributed by atoms with E-state index < -0.39 is 0 Å². The minimum Gasteiger partial charge on any atom is -0.377 e. The lowest BCUT2D eigenvalue weighted by molar-refractivity contribution is -0.0563. The van der Waals surface area contributed by atoms with Crippen LogP contribution in [0.25, 0.3) is 0 Å². The zero-order chi connectivity index (χ0) is 17.1. The number of rotatable bonds is 4. The molecule has 3 aliphatic rings. The van der Waals surface area contributed by atoms with E-state index in [1.165, 1.54) is 32.5 Å². The Kier molecular flexibility index (Phi) is 5.36. The fourth-order valence-electron chi connectivity index (χ4n) is 4.63. The molecule has 138 valence electrons. The Morgan fingerprint density at radius 1 is 1.20 bits per heavy atom.